The molecule has 0 aliphatic heterocycles. The van der Waals surface area contributed by atoms with Gasteiger partial charge in [-0.1, -0.05) is 12.1 Å². The Bertz CT molecular complexity index is 1150. The van der Waals surface area contributed by atoms with Crippen molar-refractivity contribution in [3.8, 4) is 11.3 Å². The molecule has 0 saturated carbocycles. The molecule has 3 heteroatoms. The Morgan fingerprint density at radius 2 is 1.60 bits per heavy atom. The summed E-state index contributed by atoms with van der Waals surface area (Å²) in [7, 11) is 2.05. The highest BCUT2D eigenvalue weighted by molar-refractivity contribution is 6.09. The molecule has 4 aromatic rings. The van der Waals surface area contributed by atoms with E-state index in [1.165, 1.54) is 17.2 Å². The molecule has 0 saturated heterocycles. The second kappa shape index (κ2) is 5.41. The number of pyridine rings is 1. The number of hydrogen-bond acceptors (Lipinski definition) is 1. The third-order valence-electron chi connectivity index (χ3n) is 5.13. The van der Waals surface area contributed by atoms with Crippen molar-refractivity contribution in [3.63, 3.8) is 0 Å². The van der Waals surface area contributed by atoms with E-state index < -0.39 is 0 Å². The third-order valence-corrected chi connectivity index (χ3v) is 5.13. The van der Waals surface area contributed by atoms with E-state index in [9.17, 15) is 4.39 Å². The predicted molar refractivity (Wildman–Crippen MR) is 99.2 cm³/mol. The van der Waals surface area contributed by atoms with Gasteiger partial charge in [0.1, 0.15) is 24.0 Å². The topological polar surface area (TPSA) is 17.0 Å². The summed E-state index contributed by atoms with van der Waals surface area (Å²) in [5, 5.41) is 1.98. The normalized spacial score (nSPS) is 11.6. The predicted octanol–water partition coefficient (Wildman–Crippen LogP) is 5.45. The van der Waals surface area contributed by atoms with Crippen LogP contribution in [-0.2, 0) is 7.05 Å². The summed E-state index contributed by atoms with van der Waals surface area (Å²) in [5.74, 6) is -0.235. The fourth-order valence-corrected chi connectivity index (χ4v) is 3.52. The second-order valence-electron chi connectivity index (χ2n) is 6.97. The van der Waals surface area contributed by atoms with E-state index in [0.717, 1.165) is 33.2 Å². The van der Waals surface area contributed by atoms with Crippen molar-refractivity contribution >= 4 is 21.9 Å². The van der Waals surface area contributed by atoms with E-state index in [0.29, 0.717) is 11.1 Å². The summed E-state index contributed by atoms with van der Waals surface area (Å²) in [5.41, 5.74) is 7.84. The Kier molecular flexibility index (Phi) is 3.43. The van der Waals surface area contributed by atoms with Crippen LogP contribution in [0.1, 0.15) is 22.3 Å². The lowest BCUT2D eigenvalue weighted by atomic mass is 9.98. The highest BCUT2D eigenvalue weighted by Gasteiger charge is 2.21. The third kappa shape index (κ3) is 2.34. The highest BCUT2D eigenvalue weighted by atomic mass is 19.1. The summed E-state index contributed by atoms with van der Waals surface area (Å²) in [4.78, 5) is 0. The van der Waals surface area contributed by atoms with Crippen LogP contribution in [0.4, 0.5) is 4.39 Å². The molecule has 0 spiro atoms. The number of furan rings is 1. The second-order valence-corrected chi connectivity index (χ2v) is 6.97. The van der Waals surface area contributed by atoms with Crippen LogP contribution in [0.25, 0.3) is 33.2 Å². The van der Waals surface area contributed by atoms with E-state index in [1.54, 1.807) is 6.92 Å². The molecule has 0 radical (unpaired) electrons. The molecule has 2 heterocycles. The van der Waals surface area contributed by atoms with E-state index in [2.05, 4.69) is 49.7 Å². The first-order valence-corrected chi connectivity index (χ1v) is 8.46. The molecule has 0 amide bonds. The van der Waals surface area contributed by atoms with Crippen molar-refractivity contribution in [3.05, 3.63) is 64.6 Å². The van der Waals surface area contributed by atoms with Crippen molar-refractivity contribution in [1.29, 1.82) is 0 Å². The maximum Gasteiger partial charge on any atom is 0.216 e. The monoisotopic (exact) mass is 334 g/mol. The number of halogens is 1. The number of benzene rings is 2. The summed E-state index contributed by atoms with van der Waals surface area (Å²) in [6.07, 6.45) is 2.13. The molecule has 0 aliphatic rings. The zero-order valence-electron chi connectivity index (χ0n) is 15.2. The first kappa shape index (κ1) is 15.8. The number of fused-ring (bicyclic) bond motifs is 3. The fourth-order valence-electron chi connectivity index (χ4n) is 3.52. The van der Waals surface area contributed by atoms with Crippen molar-refractivity contribution in [2.24, 2.45) is 7.05 Å². The lowest BCUT2D eigenvalue weighted by Gasteiger charge is -2.07. The number of nitrogens with zero attached hydrogens (tertiary/aromatic N) is 1. The van der Waals surface area contributed by atoms with E-state index in [4.69, 9.17) is 4.42 Å². The average molecular weight is 334 g/mol. The minimum absolute atomic E-state index is 0.235. The Labute approximate surface area is 146 Å². The average Bonchev–Trinajstić information content (AvgIpc) is 2.89. The number of rotatable bonds is 1. The minimum atomic E-state index is -0.235. The van der Waals surface area contributed by atoms with E-state index in [-0.39, 0.29) is 5.82 Å². The van der Waals surface area contributed by atoms with Crippen LogP contribution >= 0.6 is 0 Å². The van der Waals surface area contributed by atoms with Crippen molar-refractivity contribution in [2.75, 3.05) is 0 Å². The van der Waals surface area contributed by atoms with Crippen molar-refractivity contribution in [2.45, 2.75) is 27.7 Å². The van der Waals surface area contributed by atoms with E-state index >= 15 is 0 Å². The molecular formula is C22H21FNO+. The molecule has 2 aromatic carbocycles. The van der Waals surface area contributed by atoms with Gasteiger partial charge in [-0.3, -0.25) is 0 Å². The molecule has 2 aromatic heterocycles. The molecule has 126 valence electrons. The highest BCUT2D eigenvalue weighted by Crippen LogP contribution is 2.37. The van der Waals surface area contributed by atoms with Crippen LogP contribution in [0.2, 0.25) is 0 Å². The number of aromatic nitrogens is 1. The van der Waals surface area contributed by atoms with Crippen molar-refractivity contribution < 1.29 is 13.4 Å². The Hall–Kier alpha value is -2.68. The van der Waals surface area contributed by atoms with Gasteiger partial charge in [0.15, 0.2) is 6.20 Å². The molecule has 4 rings (SSSR count). The largest absolute Gasteiger partial charge is 0.455 e. The van der Waals surface area contributed by atoms with Gasteiger partial charge in [0.25, 0.3) is 0 Å². The fraction of sp³-hybridized carbons (Fsp3) is 0.227. The SMILES string of the molecule is Cc1cc(-c2c(C)ccc3c2oc2cc(F)c(C)cc23)[n+](C)cc1C. The van der Waals surface area contributed by atoms with Crippen LogP contribution in [0, 0.1) is 33.5 Å². The Balaban J connectivity index is 2.14. The maximum atomic E-state index is 14.0. The lowest BCUT2D eigenvalue weighted by molar-refractivity contribution is -0.660. The molecule has 0 N–H and O–H groups in total. The Morgan fingerprint density at radius 1 is 0.840 bits per heavy atom. The molecule has 0 bridgehead atoms. The zero-order chi connectivity index (χ0) is 17.9. The molecular weight excluding hydrogens is 313 g/mol. The molecule has 25 heavy (non-hydrogen) atoms. The van der Waals surface area contributed by atoms with E-state index in [1.807, 2.05) is 13.1 Å². The van der Waals surface area contributed by atoms with Gasteiger partial charge < -0.3 is 4.42 Å². The van der Waals surface area contributed by atoms with Gasteiger partial charge in [-0.2, -0.15) is 0 Å². The zero-order valence-corrected chi connectivity index (χ0v) is 15.2. The van der Waals surface area contributed by atoms with Crippen LogP contribution in [0.5, 0.6) is 0 Å². The molecule has 2 nitrogen and oxygen atoms in total. The maximum absolute atomic E-state index is 14.0. The quantitative estimate of drug-likeness (QED) is 0.423. The molecule has 0 atom stereocenters. The van der Waals surface area contributed by atoms with Crippen LogP contribution in [0.15, 0.2) is 40.9 Å². The smallest absolute Gasteiger partial charge is 0.216 e. The van der Waals surface area contributed by atoms with Crippen molar-refractivity contribution in [1.82, 2.24) is 0 Å². The molecule has 0 fully saturated rings. The van der Waals surface area contributed by atoms with Gasteiger partial charge in [-0.15, -0.1) is 0 Å². The Morgan fingerprint density at radius 3 is 2.36 bits per heavy atom. The summed E-state index contributed by atoms with van der Waals surface area (Å²) in [6.45, 7) is 8.10. The molecule has 0 unspecified atom stereocenters. The number of hydrogen-bond donors (Lipinski definition) is 0. The van der Waals surface area contributed by atoms with Gasteiger partial charge in [0, 0.05) is 28.5 Å². The van der Waals surface area contributed by atoms with Gasteiger partial charge in [-0.25, -0.2) is 8.96 Å². The summed E-state index contributed by atoms with van der Waals surface area (Å²) >= 11 is 0. The van der Waals surface area contributed by atoms with Crippen LogP contribution < -0.4 is 4.57 Å². The molecule has 0 aliphatic carbocycles. The van der Waals surface area contributed by atoms with Gasteiger partial charge in [0.05, 0.1) is 5.56 Å². The van der Waals surface area contributed by atoms with Crippen LogP contribution in [-0.4, -0.2) is 0 Å². The summed E-state index contributed by atoms with van der Waals surface area (Å²) < 4.78 is 22.2. The standard InChI is InChI=1S/C22H21FNO/c1-12-6-7-16-17-8-14(3)18(23)10-20(17)25-22(16)21(12)19-9-13(2)15(4)11-24(19)5/h6-11H,1-5H3/q+1. The summed E-state index contributed by atoms with van der Waals surface area (Å²) in [6, 6.07) is 9.73. The first-order valence-electron chi connectivity index (χ1n) is 8.46. The van der Waals surface area contributed by atoms with Crippen LogP contribution in [0.3, 0.4) is 0 Å². The minimum Gasteiger partial charge on any atom is -0.455 e. The number of aryl methyl sites for hydroxylation is 5. The first-order chi connectivity index (χ1) is 11.9. The lowest BCUT2D eigenvalue weighted by Crippen LogP contribution is -2.31. The van der Waals surface area contributed by atoms with Gasteiger partial charge in [0.2, 0.25) is 5.69 Å². The van der Waals surface area contributed by atoms with Gasteiger partial charge >= 0.3 is 0 Å². The van der Waals surface area contributed by atoms with Gasteiger partial charge in [-0.05, 0) is 50.5 Å².